The number of rotatable bonds is 4. The van der Waals surface area contributed by atoms with Crippen LogP contribution in [0.3, 0.4) is 0 Å². The number of aromatic nitrogens is 4. The van der Waals surface area contributed by atoms with Gasteiger partial charge in [-0.05, 0) is 39.8 Å². The number of ether oxygens (including phenoxy) is 1. The van der Waals surface area contributed by atoms with E-state index in [0.717, 1.165) is 41.6 Å². The van der Waals surface area contributed by atoms with Crippen LogP contribution < -0.4 is 10.6 Å². The lowest BCUT2D eigenvalue weighted by atomic mass is 10.0. The van der Waals surface area contributed by atoms with Gasteiger partial charge in [-0.3, -0.25) is 10.4 Å². The topological polar surface area (TPSA) is 114 Å². The van der Waals surface area contributed by atoms with Crippen molar-refractivity contribution in [1.29, 1.82) is 5.41 Å². The quantitative estimate of drug-likeness (QED) is 0.495. The molecule has 2 aromatic heterocycles. The van der Waals surface area contributed by atoms with E-state index in [1.807, 2.05) is 32.0 Å². The van der Waals surface area contributed by atoms with Gasteiger partial charge in [-0.25, -0.2) is 15.0 Å². The van der Waals surface area contributed by atoms with Crippen LogP contribution in [0.25, 0.3) is 11.3 Å². The molecular formula is C23H27N7O. The molecule has 0 saturated carbocycles. The van der Waals surface area contributed by atoms with Crippen LogP contribution in [0, 0.1) is 19.3 Å². The molecule has 0 bridgehead atoms. The van der Waals surface area contributed by atoms with E-state index in [0.29, 0.717) is 16.9 Å². The van der Waals surface area contributed by atoms with Crippen molar-refractivity contribution in [3.8, 4) is 11.3 Å². The molecule has 160 valence electrons. The Hall–Kier alpha value is -3.39. The van der Waals surface area contributed by atoms with Crippen LogP contribution in [0.1, 0.15) is 36.5 Å². The molecule has 1 aromatic carbocycles. The fourth-order valence-corrected chi connectivity index (χ4v) is 3.77. The zero-order valence-electron chi connectivity index (χ0n) is 18.3. The molecule has 0 spiro atoms. The summed E-state index contributed by atoms with van der Waals surface area (Å²) in [5.74, 6) is 0.784. The second-order valence-electron chi connectivity index (χ2n) is 8.03. The summed E-state index contributed by atoms with van der Waals surface area (Å²) in [7, 11) is 0. The maximum absolute atomic E-state index is 8.79. The van der Waals surface area contributed by atoms with Crippen LogP contribution >= 0.6 is 0 Å². The maximum atomic E-state index is 8.79. The van der Waals surface area contributed by atoms with Gasteiger partial charge < -0.3 is 15.4 Å². The Balaban J connectivity index is 1.66. The number of morpholine rings is 1. The Morgan fingerprint density at radius 1 is 1.06 bits per heavy atom. The number of aryl methyl sites for hydroxylation is 2. The zero-order chi connectivity index (χ0) is 22.1. The molecule has 1 fully saturated rings. The van der Waals surface area contributed by atoms with Gasteiger partial charge in [0.25, 0.3) is 0 Å². The highest BCUT2D eigenvalue weighted by molar-refractivity contribution is 6.13. The number of nitrogens with zero attached hydrogens (tertiary/aromatic N) is 5. The minimum atomic E-state index is 0.119. The monoisotopic (exact) mass is 417 g/mol. The van der Waals surface area contributed by atoms with Crippen molar-refractivity contribution in [2.75, 3.05) is 23.7 Å². The standard InChI is InChI=1S/C23H27N7O/c1-13-10-30(11-14(2)31-13)22-8-20(27-12-28-22)23(25)18-7-17(5-6-19(18)24)21-9-26-15(3)16(4)29-21/h5-9,12-14,25H,10-11,24H2,1-4H3. The first kappa shape index (κ1) is 20.9. The highest BCUT2D eigenvalue weighted by Crippen LogP contribution is 2.25. The van der Waals surface area contributed by atoms with Gasteiger partial charge in [0.1, 0.15) is 12.1 Å². The molecule has 31 heavy (non-hydrogen) atoms. The minimum absolute atomic E-state index is 0.119. The average molecular weight is 418 g/mol. The minimum Gasteiger partial charge on any atom is -0.398 e. The molecule has 2 unspecified atom stereocenters. The number of hydrogen-bond acceptors (Lipinski definition) is 8. The van der Waals surface area contributed by atoms with Gasteiger partial charge in [0.2, 0.25) is 0 Å². The summed E-state index contributed by atoms with van der Waals surface area (Å²) in [6, 6.07) is 7.41. The molecule has 0 amide bonds. The summed E-state index contributed by atoms with van der Waals surface area (Å²) in [5.41, 5.74) is 11.5. The van der Waals surface area contributed by atoms with Crippen LogP contribution in [0.4, 0.5) is 11.5 Å². The average Bonchev–Trinajstić information content (AvgIpc) is 2.75. The Bertz CT molecular complexity index is 1120. The van der Waals surface area contributed by atoms with Crippen molar-refractivity contribution in [2.24, 2.45) is 0 Å². The van der Waals surface area contributed by atoms with Crippen LogP contribution in [-0.4, -0.2) is 50.9 Å². The first-order chi connectivity index (χ1) is 14.8. The molecule has 8 heteroatoms. The van der Waals surface area contributed by atoms with Gasteiger partial charge >= 0.3 is 0 Å². The third-order valence-corrected chi connectivity index (χ3v) is 5.46. The normalized spacial score (nSPS) is 18.8. The summed E-state index contributed by atoms with van der Waals surface area (Å²) < 4.78 is 5.82. The van der Waals surface area contributed by atoms with Crippen molar-refractivity contribution >= 4 is 17.2 Å². The highest BCUT2D eigenvalue weighted by Gasteiger charge is 2.24. The van der Waals surface area contributed by atoms with E-state index in [9.17, 15) is 0 Å². The largest absolute Gasteiger partial charge is 0.398 e. The fraction of sp³-hybridized carbons (Fsp3) is 0.348. The Labute approximate surface area is 182 Å². The maximum Gasteiger partial charge on any atom is 0.132 e. The number of nitrogens with two attached hydrogens (primary N) is 1. The lowest BCUT2D eigenvalue weighted by Gasteiger charge is -2.36. The molecular weight excluding hydrogens is 390 g/mol. The summed E-state index contributed by atoms with van der Waals surface area (Å²) in [5, 5.41) is 8.79. The van der Waals surface area contributed by atoms with Gasteiger partial charge in [0, 0.05) is 36.0 Å². The van der Waals surface area contributed by atoms with Crippen LogP contribution in [0.2, 0.25) is 0 Å². The lowest BCUT2D eigenvalue weighted by Crippen LogP contribution is -2.45. The van der Waals surface area contributed by atoms with E-state index < -0.39 is 0 Å². The summed E-state index contributed by atoms with van der Waals surface area (Å²) in [6.07, 6.45) is 3.48. The smallest absolute Gasteiger partial charge is 0.132 e. The van der Waals surface area contributed by atoms with E-state index in [4.69, 9.17) is 15.9 Å². The second-order valence-corrected chi connectivity index (χ2v) is 8.03. The Morgan fingerprint density at radius 3 is 2.52 bits per heavy atom. The van der Waals surface area contributed by atoms with Crippen molar-refractivity contribution in [2.45, 2.75) is 39.9 Å². The van der Waals surface area contributed by atoms with Gasteiger partial charge in [-0.2, -0.15) is 0 Å². The number of nitrogen functional groups attached to an aromatic ring is 1. The molecule has 0 aliphatic carbocycles. The van der Waals surface area contributed by atoms with Crippen molar-refractivity contribution in [1.82, 2.24) is 19.9 Å². The third-order valence-electron chi connectivity index (χ3n) is 5.46. The van der Waals surface area contributed by atoms with E-state index in [-0.39, 0.29) is 17.9 Å². The van der Waals surface area contributed by atoms with E-state index in [2.05, 4.69) is 38.7 Å². The summed E-state index contributed by atoms with van der Waals surface area (Å²) >= 11 is 0. The van der Waals surface area contributed by atoms with Crippen LogP contribution in [0.15, 0.2) is 36.8 Å². The summed E-state index contributed by atoms with van der Waals surface area (Å²) in [4.78, 5) is 20.0. The predicted molar refractivity (Wildman–Crippen MR) is 122 cm³/mol. The molecule has 3 aromatic rings. The molecule has 3 heterocycles. The van der Waals surface area contributed by atoms with E-state index in [1.165, 1.54) is 6.33 Å². The number of nitrogens with one attached hydrogen (secondary N) is 1. The van der Waals surface area contributed by atoms with E-state index in [1.54, 1.807) is 12.3 Å². The SMILES string of the molecule is Cc1ncc(-c2ccc(N)c(C(=N)c3cc(N4CC(C)OC(C)C4)ncn3)c2)nc1C. The lowest BCUT2D eigenvalue weighted by molar-refractivity contribution is -0.00546. The Morgan fingerprint density at radius 2 is 1.81 bits per heavy atom. The van der Waals surface area contributed by atoms with Crippen molar-refractivity contribution in [3.63, 3.8) is 0 Å². The third kappa shape index (κ3) is 4.39. The van der Waals surface area contributed by atoms with Crippen LogP contribution in [-0.2, 0) is 4.74 Å². The molecule has 8 nitrogen and oxygen atoms in total. The predicted octanol–water partition coefficient (Wildman–Crippen LogP) is 3.16. The van der Waals surface area contributed by atoms with Crippen LogP contribution in [0.5, 0.6) is 0 Å². The molecule has 1 aliphatic heterocycles. The van der Waals surface area contributed by atoms with Gasteiger partial charge in [0.15, 0.2) is 0 Å². The fourth-order valence-electron chi connectivity index (χ4n) is 3.77. The first-order valence-electron chi connectivity index (χ1n) is 10.3. The van der Waals surface area contributed by atoms with Gasteiger partial charge in [-0.1, -0.05) is 6.07 Å². The van der Waals surface area contributed by atoms with E-state index >= 15 is 0 Å². The molecule has 1 aliphatic rings. The number of anilines is 2. The van der Waals surface area contributed by atoms with Crippen molar-refractivity contribution in [3.05, 3.63) is 59.4 Å². The zero-order valence-corrected chi connectivity index (χ0v) is 18.3. The molecule has 1 saturated heterocycles. The second kappa shape index (κ2) is 8.39. The van der Waals surface area contributed by atoms with Gasteiger partial charge in [0.05, 0.1) is 46.9 Å². The van der Waals surface area contributed by atoms with Crippen molar-refractivity contribution < 1.29 is 4.74 Å². The molecule has 4 rings (SSSR count). The molecule has 2 atom stereocenters. The number of benzene rings is 1. The summed E-state index contributed by atoms with van der Waals surface area (Å²) in [6.45, 7) is 9.46. The number of hydrogen-bond donors (Lipinski definition) is 2. The highest BCUT2D eigenvalue weighted by atomic mass is 16.5. The van der Waals surface area contributed by atoms with Gasteiger partial charge in [-0.15, -0.1) is 0 Å². The molecule has 3 N–H and O–H groups in total. The molecule has 0 radical (unpaired) electrons. The Kier molecular flexibility index (Phi) is 5.65. The first-order valence-corrected chi connectivity index (χ1v) is 10.3.